The Kier molecular flexibility index (Phi) is 3.97. The number of carboxylic acid groups (broad SMARTS) is 1. The average molecular weight is 316 g/mol. The summed E-state index contributed by atoms with van der Waals surface area (Å²) < 4.78 is 48.7. The van der Waals surface area contributed by atoms with Crippen molar-refractivity contribution in [2.45, 2.75) is 6.18 Å². The normalized spacial score (nSPS) is 11.4. The van der Waals surface area contributed by atoms with E-state index in [4.69, 9.17) is 5.11 Å². The van der Waals surface area contributed by atoms with Crippen LogP contribution in [0.3, 0.4) is 0 Å². The molecule has 0 aliphatic carbocycles. The second-order valence-corrected chi connectivity index (χ2v) is 3.86. The maximum Gasteiger partial charge on any atom is 0.405 e. The van der Waals surface area contributed by atoms with Crippen molar-refractivity contribution in [1.29, 1.82) is 0 Å². The highest BCUT2D eigenvalue weighted by Gasteiger charge is 2.27. The molecule has 0 aliphatic rings. The number of hydrogen-bond acceptors (Lipinski definition) is 2. The average Bonchev–Trinajstić information content (AvgIpc) is 2.18. The predicted octanol–water partition coefficient (Wildman–Crippen LogP) is 3.26. The molecule has 1 aromatic rings. The van der Waals surface area contributed by atoms with Crippen LogP contribution in [0.2, 0.25) is 0 Å². The lowest BCUT2D eigenvalue weighted by atomic mass is 10.2. The minimum absolute atomic E-state index is 0.361. The zero-order chi connectivity index (χ0) is 13.2. The molecule has 94 valence electrons. The molecule has 0 unspecified atom stereocenters. The Morgan fingerprint density at radius 1 is 1.41 bits per heavy atom. The van der Waals surface area contributed by atoms with Gasteiger partial charge in [-0.1, -0.05) is 0 Å². The monoisotopic (exact) mass is 315 g/mol. The van der Waals surface area contributed by atoms with Crippen molar-refractivity contribution in [1.82, 2.24) is 0 Å². The van der Waals surface area contributed by atoms with E-state index >= 15 is 0 Å². The van der Waals surface area contributed by atoms with E-state index in [2.05, 4.69) is 15.9 Å². The van der Waals surface area contributed by atoms with Crippen molar-refractivity contribution < 1.29 is 27.5 Å². The molecule has 1 rings (SSSR count). The van der Waals surface area contributed by atoms with Gasteiger partial charge in [0.05, 0.1) is 15.7 Å². The molecule has 0 bridgehead atoms. The number of halogens is 5. The Balaban J connectivity index is 2.97. The summed E-state index contributed by atoms with van der Waals surface area (Å²) in [6.07, 6.45) is -4.48. The molecule has 0 aromatic heterocycles. The van der Waals surface area contributed by atoms with Gasteiger partial charge in [-0.3, -0.25) is 0 Å². The molecule has 1 aromatic carbocycles. The third-order valence-corrected chi connectivity index (χ3v) is 2.57. The van der Waals surface area contributed by atoms with Crippen LogP contribution in [0, 0.1) is 5.82 Å². The maximum absolute atomic E-state index is 13.5. The van der Waals surface area contributed by atoms with Gasteiger partial charge in [0.15, 0.2) is 5.82 Å². The Morgan fingerprint density at radius 3 is 2.47 bits per heavy atom. The summed E-state index contributed by atoms with van der Waals surface area (Å²) in [4.78, 5) is 10.6. The van der Waals surface area contributed by atoms with E-state index in [0.717, 1.165) is 12.1 Å². The fourth-order valence-corrected chi connectivity index (χ4v) is 1.56. The molecule has 0 spiro atoms. The van der Waals surface area contributed by atoms with Crippen LogP contribution >= 0.6 is 15.9 Å². The van der Waals surface area contributed by atoms with Crippen LogP contribution in [-0.4, -0.2) is 23.8 Å². The lowest BCUT2D eigenvalue weighted by molar-refractivity contribution is -0.115. The lowest BCUT2D eigenvalue weighted by Gasteiger charge is -2.11. The standard InChI is InChI=1S/C9H6BrF4NO2/c10-6-4(8(16)17)1-2-5(7(6)11)15-3-9(12,13)14/h1-2,15H,3H2,(H,16,17). The van der Waals surface area contributed by atoms with Gasteiger partial charge < -0.3 is 10.4 Å². The zero-order valence-corrected chi connectivity index (χ0v) is 9.69. The van der Waals surface area contributed by atoms with Crippen molar-refractivity contribution in [3.05, 3.63) is 28.0 Å². The highest BCUT2D eigenvalue weighted by molar-refractivity contribution is 9.10. The van der Waals surface area contributed by atoms with Crippen LogP contribution in [0.4, 0.5) is 23.2 Å². The lowest BCUT2D eigenvalue weighted by Crippen LogP contribution is -2.22. The predicted molar refractivity (Wildman–Crippen MR) is 55.6 cm³/mol. The highest BCUT2D eigenvalue weighted by atomic mass is 79.9. The molecule has 0 amide bonds. The minimum Gasteiger partial charge on any atom is -0.478 e. The second kappa shape index (κ2) is 4.91. The fraction of sp³-hybridized carbons (Fsp3) is 0.222. The third-order valence-electron chi connectivity index (χ3n) is 1.79. The molecule has 0 aliphatic heterocycles. The fourth-order valence-electron chi connectivity index (χ4n) is 1.05. The van der Waals surface area contributed by atoms with Crippen molar-refractivity contribution in [2.75, 3.05) is 11.9 Å². The number of nitrogens with one attached hydrogen (secondary N) is 1. The van der Waals surface area contributed by atoms with Gasteiger partial charge in [-0.05, 0) is 28.1 Å². The molecule has 3 nitrogen and oxygen atoms in total. The van der Waals surface area contributed by atoms with Crippen LogP contribution in [0.5, 0.6) is 0 Å². The maximum atomic E-state index is 13.5. The van der Waals surface area contributed by atoms with Crippen LogP contribution < -0.4 is 5.32 Å². The van der Waals surface area contributed by atoms with Crippen LogP contribution in [0.1, 0.15) is 10.4 Å². The summed E-state index contributed by atoms with van der Waals surface area (Å²) in [5.41, 5.74) is -0.778. The Morgan fingerprint density at radius 2 is 2.00 bits per heavy atom. The van der Waals surface area contributed by atoms with Crippen LogP contribution in [0.25, 0.3) is 0 Å². The SMILES string of the molecule is O=C(O)c1ccc(NCC(F)(F)F)c(F)c1Br. The first-order chi connectivity index (χ1) is 7.72. The van der Waals surface area contributed by atoms with E-state index < -0.39 is 34.7 Å². The van der Waals surface area contributed by atoms with Crippen molar-refractivity contribution >= 4 is 27.6 Å². The van der Waals surface area contributed by atoms with E-state index in [1.54, 1.807) is 0 Å². The Hall–Kier alpha value is -1.31. The number of anilines is 1. The van der Waals surface area contributed by atoms with E-state index in [1.807, 2.05) is 5.32 Å². The summed E-state index contributed by atoms with van der Waals surface area (Å²) in [6.45, 7) is -1.40. The van der Waals surface area contributed by atoms with Crippen LogP contribution in [0.15, 0.2) is 16.6 Å². The molecule has 8 heteroatoms. The molecule has 0 radical (unpaired) electrons. The number of alkyl halides is 3. The Labute approximate surface area is 102 Å². The first-order valence-electron chi connectivity index (χ1n) is 4.24. The van der Waals surface area contributed by atoms with E-state index in [-0.39, 0.29) is 5.56 Å². The third kappa shape index (κ3) is 3.58. The highest BCUT2D eigenvalue weighted by Crippen LogP contribution is 2.28. The molecule has 0 saturated heterocycles. The van der Waals surface area contributed by atoms with Gasteiger partial charge in [-0.25, -0.2) is 9.18 Å². The summed E-state index contributed by atoms with van der Waals surface area (Å²) in [7, 11) is 0. The Bertz CT molecular complexity index is 447. The summed E-state index contributed by atoms with van der Waals surface area (Å²) in [5.74, 6) is -2.45. The minimum atomic E-state index is -4.48. The molecule has 2 N–H and O–H groups in total. The van der Waals surface area contributed by atoms with Crippen molar-refractivity contribution in [3.8, 4) is 0 Å². The van der Waals surface area contributed by atoms with E-state index in [1.165, 1.54) is 0 Å². The van der Waals surface area contributed by atoms with Gasteiger partial charge in [-0.2, -0.15) is 13.2 Å². The molecular formula is C9H6BrF4NO2. The van der Waals surface area contributed by atoms with Crippen molar-refractivity contribution in [2.24, 2.45) is 0 Å². The van der Waals surface area contributed by atoms with Crippen LogP contribution in [-0.2, 0) is 0 Å². The van der Waals surface area contributed by atoms with Gasteiger partial charge in [0.25, 0.3) is 0 Å². The molecule has 0 heterocycles. The first kappa shape index (κ1) is 13.8. The number of benzene rings is 1. The first-order valence-corrected chi connectivity index (χ1v) is 5.03. The molecular weight excluding hydrogens is 310 g/mol. The number of carbonyl (C=O) groups is 1. The van der Waals surface area contributed by atoms with Gasteiger partial charge in [0.2, 0.25) is 0 Å². The zero-order valence-electron chi connectivity index (χ0n) is 8.11. The number of aromatic carboxylic acids is 1. The number of rotatable bonds is 3. The van der Waals surface area contributed by atoms with E-state index in [9.17, 15) is 22.4 Å². The van der Waals surface area contributed by atoms with Gasteiger partial charge in [0.1, 0.15) is 6.54 Å². The topological polar surface area (TPSA) is 49.3 Å². The largest absolute Gasteiger partial charge is 0.478 e. The second-order valence-electron chi connectivity index (χ2n) is 3.06. The smallest absolute Gasteiger partial charge is 0.405 e. The van der Waals surface area contributed by atoms with Gasteiger partial charge in [-0.15, -0.1) is 0 Å². The van der Waals surface area contributed by atoms with Crippen molar-refractivity contribution in [3.63, 3.8) is 0 Å². The summed E-state index contributed by atoms with van der Waals surface area (Å²) in [6, 6.07) is 1.95. The number of hydrogen-bond donors (Lipinski definition) is 2. The molecule has 0 atom stereocenters. The molecule has 0 fully saturated rings. The summed E-state index contributed by atoms with van der Waals surface area (Å²) >= 11 is 2.67. The molecule has 17 heavy (non-hydrogen) atoms. The quantitative estimate of drug-likeness (QED) is 0.842. The molecule has 0 saturated carbocycles. The summed E-state index contributed by atoms with van der Waals surface area (Å²) in [5, 5.41) is 10.5. The number of carboxylic acids is 1. The van der Waals surface area contributed by atoms with Gasteiger partial charge in [0, 0.05) is 0 Å². The van der Waals surface area contributed by atoms with E-state index in [0.29, 0.717) is 0 Å². The van der Waals surface area contributed by atoms with Gasteiger partial charge >= 0.3 is 12.1 Å².